The molecule has 2 rings (SSSR count). The van der Waals surface area contributed by atoms with Crippen LogP contribution in [0.25, 0.3) is 0 Å². The van der Waals surface area contributed by atoms with Crippen LogP contribution in [0.4, 0.5) is 0 Å². The Kier molecular flexibility index (Phi) is 3.47. The van der Waals surface area contributed by atoms with Gasteiger partial charge in [0, 0.05) is 37.8 Å². The van der Waals surface area contributed by atoms with Crippen LogP contribution >= 0.6 is 0 Å². The second-order valence-corrected chi connectivity index (χ2v) is 4.56. The van der Waals surface area contributed by atoms with Gasteiger partial charge in [-0.25, -0.2) is 0 Å². The maximum absolute atomic E-state index is 11.4. The highest BCUT2D eigenvalue weighted by Crippen LogP contribution is 2.18. The summed E-state index contributed by atoms with van der Waals surface area (Å²) in [5.41, 5.74) is 2.37. The molecule has 90 valence electrons. The number of carbonyl (C=O) groups is 1. The first-order valence-electron chi connectivity index (χ1n) is 5.91. The van der Waals surface area contributed by atoms with Crippen molar-refractivity contribution in [1.29, 1.82) is 0 Å². The Bertz CT molecular complexity index is 425. The number of nitrogens with zero attached hydrogens (tertiary/aromatic N) is 1. The van der Waals surface area contributed by atoms with Crippen molar-refractivity contribution in [2.24, 2.45) is 5.92 Å². The van der Waals surface area contributed by atoms with Gasteiger partial charge in [0.2, 0.25) is 5.91 Å². The van der Waals surface area contributed by atoms with Gasteiger partial charge >= 0.3 is 0 Å². The topological polar surface area (TPSA) is 32.3 Å². The first kappa shape index (κ1) is 11.7. The van der Waals surface area contributed by atoms with E-state index in [2.05, 4.69) is 29.3 Å². The summed E-state index contributed by atoms with van der Waals surface area (Å²) in [7, 11) is 2.04. The lowest BCUT2D eigenvalue weighted by atomic mass is 10.0. The third-order valence-electron chi connectivity index (χ3n) is 3.07. The Morgan fingerprint density at radius 1 is 1.35 bits per heavy atom. The maximum Gasteiger partial charge on any atom is 0.245 e. The normalized spacial score (nSPS) is 19.5. The smallest absolute Gasteiger partial charge is 0.245 e. The summed E-state index contributed by atoms with van der Waals surface area (Å²) in [5, 5.41) is 2.84. The van der Waals surface area contributed by atoms with Crippen LogP contribution in [0, 0.1) is 5.92 Å². The standard InChI is InChI=1S/C14H18N2O/c1-11-9-15-14(17)8-13(11)16(2)10-12-6-4-3-5-7-12/h3-8,11H,9-10H2,1-2H3,(H,15,17)/t11-/m0/s1. The van der Waals surface area contributed by atoms with Crippen LogP contribution in [-0.4, -0.2) is 24.4 Å². The maximum atomic E-state index is 11.4. The molecule has 1 aromatic rings. The lowest BCUT2D eigenvalue weighted by molar-refractivity contribution is -0.117. The van der Waals surface area contributed by atoms with Gasteiger partial charge in [-0.1, -0.05) is 37.3 Å². The fourth-order valence-electron chi connectivity index (χ4n) is 2.12. The van der Waals surface area contributed by atoms with E-state index in [1.165, 1.54) is 5.56 Å². The molecule has 1 aromatic carbocycles. The van der Waals surface area contributed by atoms with Crippen LogP contribution < -0.4 is 5.32 Å². The molecule has 3 nitrogen and oxygen atoms in total. The molecule has 1 amide bonds. The molecular formula is C14H18N2O. The van der Waals surface area contributed by atoms with Gasteiger partial charge in [-0.15, -0.1) is 0 Å². The van der Waals surface area contributed by atoms with Gasteiger partial charge in [-0.05, 0) is 5.56 Å². The molecular weight excluding hydrogens is 212 g/mol. The lowest BCUT2D eigenvalue weighted by Crippen LogP contribution is -2.37. The quantitative estimate of drug-likeness (QED) is 0.858. The molecule has 1 heterocycles. The van der Waals surface area contributed by atoms with Gasteiger partial charge in [0.15, 0.2) is 0 Å². The predicted molar refractivity (Wildman–Crippen MR) is 68.2 cm³/mol. The molecule has 0 saturated carbocycles. The molecule has 0 spiro atoms. The Labute approximate surface area is 102 Å². The summed E-state index contributed by atoms with van der Waals surface area (Å²) in [6.07, 6.45) is 1.71. The SMILES string of the molecule is C[C@H]1CNC(=O)C=C1N(C)Cc1ccccc1. The second-order valence-electron chi connectivity index (χ2n) is 4.56. The first-order chi connectivity index (χ1) is 8.16. The molecule has 0 unspecified atom stereocenters. The summed E-state index contributed by atoms with van der Waals surface area (Å²) < 4.78 is 0. The molecule has 0 bridgehead atoms. The average Bonchev–Trinajstić information content (AvgIpc) is 2.33. The monoisotopic (exact) mass is 230 g/mol. The average molecular weight is 230 g/mol. The second kappa shape index (κ2) is 5.04. The molecule has 0 radical (unpaired) electrons. The first-order valence-corrected chi connectivity index (χ1v) is 5.91. The van der Waals surface area contributed by atoms with Crippen molar-refractivity contribution in [2.75, 3.05) is 13.6 Å². The van der Waals surface area contributed by atoms with Gasteiger partial charge in [0.05, 0.1) is 0 Å². The zero-order valence-electron chi connectivity index (χ0n) is 10.3. The van der Waals surface area contributed by atoms with Gasteiger partial charge in [0.25, 0.3) is 0 Å². The summed E-state index contributed by atoms with van der Waals surface area (Å²) >= 11 is 0. The third kappa shape index (κ3) is 2.87. The number of hydrogen-bond acceptors (Lipinski definition) is 2. The van der Waals surface area contributed by atoms with E-state index in [0.29, 0.717) is 5.92 Å². The largest absolute Gasteiger partial charge is 0.373 e. The molecule has 0 aromatic heterocycles. The van der Waals surface area contributed by atoms with Gasteiger partial charge in [-0.3, -0.25) is 4.79 Å². The van der Waals surface area contributed by atoms with Crippen molar-refractivity contribution in [3.8, 4) is 0 Å². The number of hydrogen-bond donors (Lipinski definition) is 1. The minimum absolute atomic E-state index is 0.0120. The Morgan fingerprint density at radius 3 is 2.76 bits per heavy atom. The van der Waals surface area contributed by atoms with Crippen LogP contribution in [0.1, 0.15) is 12.5 Å². The number of rotatable bonds is 3. The van der Waals surface area contributed by atoms with E-state index in [1.807, 2.05) is 25.2 Å². The molecule has 17 heavy (non-hydrogen) atoms. The number of amides is 1. The van der Waals surface area contributed by atoms with Gasteiger partial charge in [-0.2, -0.15) is 0 Å². The van der Waals surface area contributed by atoms with E-state index in [0.717, 1.165) is 18.8 Å². The van der Waals surface area contributed by atoms with Crippen molar-refractivity contribution in [3.63, 3.8) is 0 Å². The number of nitrogens with one attached hydrogen (secondary N) is 1. The third-order valence-corrected chi connectivity index (χ3v) is 3.07. The Morgan fingerprint density at radius 2 is 2.06 bits per heavy atom. The van der Waals surface area contributed by atoms with E-state index < -0.39 is 0 Å². The predicted octanol–water partition coefficient (Wildman–Crippen LogP) is 1.77. The molecule has 1 aliphatic rings. The zero-order valence-corrected chi connectivity index (χ0v) is 10.3. The van der Waals surface area contributed by atoms with Crippen molar-refractivity contribution in [1.82, 2.24) is 10.2 Å². The minimum Gasteiger partial charge on any atom is -0.373 e. The highest BCUT2D eigenvalue weighted by molar-refractivity contribution is 5.89. The molecule has 0 saturated heterocycles. The fourth-order valence-corrected chi connectivity index (χ4v) is 2.12. The van der Waals surface area contributed by atoms with E-state index in [-0.39, 0.29) is 5.91 Å². The Hall–Kier alpha value is -1.77. The molecule has 1 N–H and O–H groups in total. The highest BCUT2D eigenvalue weighted by Gasteiger charge is 2.19. The van der Waals surface area contributed by atoms with Crippen molar-refractivity contribution in [2.45, 2.75) is 13.5 Å². The lowest BCUT2D eigenvalue weighted by Gasteiger charge is -2.30. The molecule has 0 fully saturated rings. The molecule has 1 atom stereocenters. The zero-order chi connectivity index (χ0) is 12.3. The summed E-state index contributed by atoms with van der Waals surface area (Å²) in [4.78, 5) is 13.5. The van der Waals surface area contributed by atoms with Crippen LogP contribution in [0.15, 0.2) is 42.1 Å². The van der Waals surface area contributed by atoms with Gasteiger partial charge in [0.1, 0.15) is 0 Å². The van der Waals surface area contributed by atoms with E-state index in [4.69, 9.17) is 0 Å². The summed E-state index contributed by atoms with van der Waals surface area (Å²) in [5.74, 6) is 0.388. The van der Waals surface area contributed by atoms with Gasteiger partial charge < -0.3 is 10.2 Å². The number of carbonyl (C=O) groups excluding carboxylic acids is 1. The van der Waals surface area contributed by atoms with E-state index >= 15 is 0 Å². The summed E-state index contributed by atoms with van der Waals surface area (Å²) in [6.45, 7) is 3.70. The van der Waals surface area contributed by atoms with Crippen LogP contribution in [0.2, 0.25) is 0 Å². The van der Waals surface area contributed by atoms with Crippen LogP contribution in [0.5, 0.6) is 0 Å². The van der Waals surface area contributed by atoms with Crippen molar-refractivity contribution in [3.05, 3.63) is 47.7 Å². The molecule has 3 heteroatoms. The van der Waals surface area contributed by atoms with Crippen molar-refractivity contribution < 1.29 is 4.79 Å². The Balaban J connectivity index is 2.09. The fraction of sp³-hybridized carbons (Fsp3) is 0.357. The van der Waals surface area contributed by atoms with E-state index in [9.17, 15) is 4.79 Å². The summed E-state index contributed by atoms with van der Waals surface area (Å²) in [6, 6.07) is 10.3. The minimum atomic E-state index is 0.0120. The highest BCUT2D eigenvalue weighted by atomic mass is 16.1. The number of benzene rings is 1. The molecule has 1 aliphatic heterocycles. The van der Waals surface area contributed by atoms with E-state index in [1.54, 1.807) is 6.08 Å². The molecule has 0 aliphatic carbocycles. The van der Waals surface area contributed by atoms with Crippen LogP contribution in [-0.2, 0) is 11.3 Å². The van der Waals surface area contributed by atoms with Crippen LogP contribution in [0.3, 0.4) is 0 Å². The van der Waals surface area contributed by atoms with Crippen molar-refractivity contribution >= 4 is 5.91 Å².